The molecule has 1 aromatic carbocycles. The Labute approximate surface area is 124 Å². The first-order chi connectivity index (χ1) is 9.48. The lowest BCUT2D eigenvalue weighted by atomic mass is 10.2. The van der Waals surface area contributed by atoms with E-state index < -0.39 is 9.84 Å². The van der Waals surface area contributed by atoms with Gasteiger partial charge in [0.25, 0.3) is 0 Å². The van der Waals surface area contributed by atoms with Gasteiger partial charge in [-0.1, -0.05) is 12.1 Å². The van der Waals surface area contributed by atoms with E-state index in [4.69, 9.17) is 17.3 Å². The number of alkyl halides is 1. The van der Waals surface area contributed by atoms with Gasteiger partial charge in [-0.3, -0.25) is 4.90 Å². The second-order valence-corrected chi connectivity index (χ2v) is 7.40. The molecule has 1 aromatic rings. The molecular formula is C13H18ClN3O2S. The number of benzene rings is 1. The molecule has 0 aromatic heterocycles. The van der Waals surface area contributed by atoms with Crippen molar-refractivity contribution in [1.82, 2.24) is 4.90 Å². The fourth-order valence-corrected chi connectivity index (χ4v) is 3.37. The van der Waals surface area contributed by atoms with E-state index in [2.05, 4.69) is 9.89 Å². The molecule has 1 aliphatic heterocycles. The first-order valence-corrected chi connectivity index (χ1v) is 8.75. The largest absolute Gasteiger partial charge is 0.386 e. The van der Waals surface area contributed by atoms with Gasteiger partial charge >= 0.3 is 0 Å². The van der Waals surface area contributed by atoms with Crippen molar-refractivity contribution < 1.29 is 8.42 Å². The predicted octanol–water partition coefficient (Wildman–Crippen LogP) is 1.14. The summed E-state index contributed by atoms with van der Waals surface area (Å²) in [6.45, 7) is 1.95. The average molecular weight is 316 g/mol. The zero-order valence-electron chi connectivity index (χ0n) is 11.1. The van der Waals surface area contributed by atoms with Crippen LogP contribution in [0.25, 0.3) is 0 Å². The molecule has 0 amide bonds. The molecule has 2 N–H and O–H groups in total. The molecule has 110 valence electrons. The van der Waals surface area contributed by atoms with E-state index in [1.54, 1.807) is 0 Å². The minimum atomic E-state index is -2.82. The van der Waals surface area contributed by atoms with Crippen LogP contribution in [-0.4, -0.2) is 49.6 Å². The number of rotatable bonds is 4. The standard InChI is InChI=1S/C13H18ClN3O2S/c14-9-13(15)16-12-3-1-11(2-4-12)10-17-5-7-20(18,19)8-6-17/h1-4H,5-10H2,(H2,15,16). The summed E-state index contributed by atoms with van der Waals surface area (Å²) in [6, 6.07) is 7.72. The molecule has 0 saturated carbocycles. The molecule has 1 saturated heterocycles. The van der Waals surface area contributed by atoms with Gasteiger partial charge < -0.3 is 5.73 Å². The van der Waals surface area contributed by atoms with Crippen LogP contribution in [0.4, 0.5) is 5.69 Å². The fraction of sp³-hybridized carbons (Fsp3) is 0.462. The Hall–Kier alpha value is -1.11. The van der Waals surface area contributed by atoms with E-state index >= 15 is 0 Å². The summed E-state index contributed by atoms with van der Waals surface area (Å²) < 4.78 is 22.7. The lowest BCUT2D eigenvalue weighted by Crippen LogP contribution is -2.39. The number of halogens is 1. The van der Waals surface area contributed by atoms with E-state index in [-0.39, 0.29) is 17.4 Å². The van der Waals surface area contributed by atoms with E-state index in [0.29, 0.717) is 18.9 Å². The van der Waals surface area contributed by atoms with E-state index in [0.717, 1.165) is 17.8 Å². The minimum Gasteiger partial charge on any atom is -0.386 e. The second kappa shape index (κ2) is 6.56. The van der Waals surface area contributed by atoms with Crippen molar-refractivity contribution >= 4 is 33.0 Å². The summed E-state index contributed by atoms with van der Waals surface area (Å²) in [7, 11) is -2.82. The maximum Gasteiger partial charge on any atom is 0.152 e. The zero-order chi connectivity index (χ0) is 14.6. The number of sulfone groups is 1. The SMILES string of the molecule is NC(CCl)=Nc1ccc(CN2CCS(=O)(=O)CC2)cc1. The molecule has 1 heterocycles. The first-order valence-electron chi connectivity index (χ1n) is 6.39. The highest BCUT2D eigenvalue weighted by Crippen LogP contribution is 2.15. The Bertz CT molecular complexity index is 570. The summed E-state index contributed by atoms with van der Waals surface area (Å²) in [5.41, 5.74) is 7.47. The zero-order valence-corrected chi connectivity index (χ0v) is 12.7. The monoisotopic (exact) mass is 315 g/mol. The molecule has 0 radical (unpaired) electrons. The molecule has 1 aliphatic rings. The molecule has 0 spiro atoms. The molecule has 5 nitrogen and oxygen atoms in total. The van der Waals surface area contributed by atoms with Crippen LogP contribution in [0.1, 0.15) is 5.56 Å². The number of hydrogen-bond donors (Lipinski definition) is 1. The topological polar surface area (TPSA) is 75.8 Å². The number of nitrogens with two attached hydrogens (primary N) is 1. The highest BCUT2D eigenvalue weighted by molar-refractivity contribution is 7.91. The van der Waals surface area contributed by atoms with Gasteiger partial charge in [-0.2, -0.15) is 0 Å². The van der Waals surface area contributed by atoms with Crippen molar-refractivity contribution in [2.24, 2.45) is 10.7 Å². The first kappa shape index (κ1) is 15.3. The smallest absolute Gasteiger partial charge is 0.152 e. The van der Waals surface area contributed by atoms with Gasteiger partial charge in [0.1, 0.15) is 5.84 Å². The van der Waals surface area contributed by atoms with Gasteiger partial charge in [-0.25, -0.2) is 13.4 Å². The third-order valence-electron chi connectivity index (χ3n) is 3.19. The van der Waals surface area contributed by atoms with Crippen molar-refractivity contribution in [3.05, 3.63) is 29.8 Å². The lowest BCUT2D eigenvalue weighted by molar-refractivity contribution is 0.287. The van der Waals surface area contributed by atoms with Crippen molar-refractivity contribution in [3.63, 3.8) is 0 Å². The van der Waals surface area contributed by atoms with Crippen LogP contribution in [0.15, 0.2) is 29.3 Å². The van der Waals surface area contributed by atoms with Crippen molar-refractivity contribution in [1.29, 1.82) is 0 Å². The molecule has 7 heteroatoms. The molecule has 1 fully saturated rings. The highest BCUT2D eigenvalue weighted by Gasteiger charge is 2.21. The normalized spacial score (nSPS) is 19.9. The Kier molecular flexibility index (Phi) is 5.01. The van der Waals surface area contributed by atoms with Crippen molar-refractivity contribution in [2.75, 3.05) is 30.5 Å². The molecule has 2 rings (SSSR count). The lowest BCUT2D eigenvalue weighted by Gasteiger charge is -2.26. The summed E-state index contributed by atoms with van der Waals surface area (Å²) in [6.07, 6.45) is 0. The van der Waals surface area contributed by atoms with Crippen LogP contribution < -0.4 is 5.73 Å². The van der Waals surface area contributed by atoms with E-state index in [1.165, 1.54) is 0 Å². The molecule has 0 unspecified atom stereocenters. The summed E-state index contributed by atoms with van der Waals surface area (Å²) in [4.78, 5) is 6.30. The summed E-state index contributed by atoms with van der Waals surface area (Å²) >= 11 is 5.57. The average Bonchev–Trinajstić information content (AvgIpc) is 2.43. The summed E-state index contributed by atoms with van der Waals surface area (Å²) in [5, 5.41) is 0. The Balaban J connectivity index is 1.94. The molecule has 0 aliphatic carbocycles. The maximum absolute atomic E-state index is 11.4. The quantitative estimate of drug-likeness (QED) is 0.513. The van der Waals surface area contributed by atoms with Crippen LogP contribution in [0.2, 0.25) is 0 Å². The fourth-order valence-electron chi connectivity index (χ4n) is 2.04. The number of aliphatic imine (C=N–C) groups is 1. The summed E-state index contributed by atoms with van der Waals surface area (Å²) in [5.74, 6) is 1.11. The van der Waals surface area contributed by atoms with Crippen molar-refractivity contribution in [2.45, 2.75) is 6.54 Å². The Morgan fingerprint density at radius 3 is 2.40 bits per heavy atom. The van der Waals surface area contributed by atoms with Gasteiger partial charge in [-0.05, 0) is 17.7 Å². The van der Waals surface area contributed by atoms with Crippen LogP contribution >= 0.6 is 11.6 Å². The van der Waals surface area contributed by atoms with E-state index in [9.17, 15) is 8.42 Å². The molecule has 0 atom stereocenters. The van der Waals surface area contributed by atoms with Crippen LogP contribution in [0, 0.1) is 0 Å². The molecule has 0 bridgehead atoms. The maximum atomic E-state index is 11.4. The third-order valence-corrected chi connectivity index (χ3v) is 5.07. The molecule has 20 heavy (non-hydrogen) atoms. The van der Waals surface area contributed by atoms with Crippen LogP contribution in [0.5, 0.6) is 0 Å². The van der Waals surface area contributed by atoms with Gasteiger partial charge in [0, 0.05) is 19.6 Å². The van der Waals surface area contributed by atoms with Gasteiger partial charge in [0.2, 0.25) is 0 Å². The highest BCUT2D eigenvalue weighted by atomic mass is 35.5. The number of nitrogens with zero attached hydrogens (tertiary/aromatic N) is 2. The van der Waals surface area contributed by atoms with E-state index in [1.807, 2.05) is 24.3 Å². The third kappa shape index (κ3) is 4.47. The van der Waals surface area contributed by atoms with Gasteiger partial charge in [-0.15, -0.1) is 11.6 Å². The van der Waals surface area contributed by atoms with Gasteiger partial charge in [0.05, 0.1) is 23.1 Å². The minimum absolute atomic E-state index is 0.212. The van der Waals surface area contributed by atoms with Crippen molar-refractivity contribution in [3.8, 4) is 0 Å². The second-order valence-electron chi connectivity index (χ2n) is 4.83. The van der Waals surface area contributed by atoms with Gasteiger partial charge in [0.15, 0.2) is 9.84 Å². The number of amidine groups is 1. The predicted molar refractivity (Wildman–Crippen MR) is 82.4 cm³/mol. The Morgan fingerprint density at radius 1 is 1.25 bits per heavy atom. The Morgan fingerprint density at radius 2 is 1.85 bits per heavy atom. The number of hydrogen-bond acceptors (Lipinski definition) is 4. The van der Waals surface area contributed by atoms with Crippen LogP contribution in [0.3, 0.4) is 0 Å². The molecular weight excluding hydrogens is 298 g/mol. The van der Waals surface area contributed by atoms with Crippen LogP contribution in [-0.2, 0) is 16.4 Å².